The van der Waals surface area contributed by atoms with E-state index in [1.165, 1.54) is 6.07 Å². The standard InChI is InChI=1S/C15H16O3/c1-10-4-3-5-12(8-10)15(17,18)13-9-11(2)6-7-14(13)16/h3-9,16-18H,1-2H3. The highest BCUT2D eigenvalue weighted by Gasteiger charge is 2.31. The van der Waals surface area contributed by atoms with Gasteiger partial charge in [0.1, 0.15) is 5.75 Å². The molecule has 0 saturated carbocycles. The number of phenolic OH excluding ortho intramolecular Hbond substituents is 1. The van der Waals surface area contributed by atoms with Crippen LogP contribution in [-0.2, 0) is 5.79 Å². The van der Waals surface area contributed by atoms with Gasteiger partial charge in [0, 0.05) is 5.56 Å². The average molecular weight is 244 g/mol. The average Bonchev–Trinajstić information content (AvgIpc) is 2.32. The van der Waals surface area contributed by atoms with Crippen LogP contribution >= 0.6 is 0 Å². The first-order valence-electron chi connectivity index (χ1n) is 5.73. The van der Waals surface area contributed by atoms with Crippen molar-refractivity contribution < 1.29 is 15.3 Å². The van der Waals surface area contributed by atoms with E-state index in [4.69, 9.17) is 0 Å². The van der Waals surface area contributed by atoms with Crippen LogP contribution in [0.5, 0.6) is 5.75 Å². The Bertz CT molecular complexity index is 574. The van der Waals surface area contributed by atoms with E-state index >= 15 is 0 Å². The largest absolute Gasteiger partial charge is 0.507 e. The fraction of sp³-hybridized carbons (Fsp3) is 0.200. The molecule has 18 heavy (non-hydrogen) atoms. The molecule has 0 spiro atoms. The molecule has 0 fully saturated rings. The molecule has 2 rings (SSSR count). The van der Waals surface area contributed by atoms with Crippen molar-refractivity contribution in [1.82, 2.24) is 0 Å². The molecular weight excluding hydrogens is 228 g/mol. The first-order chi connectivity index (χ1) is 8.41. The molecule has 0 radical (unpaired) electrons. The summed E-state index contributed by atoms with van der Waals surface area (Å²) in [5, 5.41) is 30.3. The molecule has 0 aromatic heterocycles. The van der Waals surface area contributed by atoms with Crippen LogP contribution in [0.25, 0.3) is 0 Å². The minimum absolute atomic E-state index is 0.0908. The number of aryl methyl sites for hydroxylation is 2. The summed E-state index contributed by atoms with van der Waals surface area (Å²) >= 11 is 0. The minimum Gasteiger partial charge on any atom is -0.507 e. The van der Waals surface area contributed by atoms with E-state index in [2.05, 4.69) is 0 Å². The number of rotatable bonds is 2. The predicted octanol–water partition coefficient (Wildman–Crippen LogP) is 2.19. The Morgan fingerprint density at radius 2 is 1.56 bits per heavy atom. The summed E-state index contributed by atoms with van der Waals surface area (Å²) in [4.78, 5) is 0. The zero-order chi connectivity index (χ0) is 13.3. The molecule has 0 atom stereocenters. The number of benzene rings is 2. The molecule has 0 saturated heterocycles. The maximum Gasteiger partial charge on any atom is 0.221 e. The molecule has 0 amide bonds. The summed E-state index contributed by atoms with van der Waals surface area (Å²) in [6.07, 6.45) is 0. The second kappa shape index (κ2) is 4.44. The highest BCUT2D eigenvalue weighted by atomic mass is 16.5. The monoisotopic (exact) mass is 244 g/mol. The second-order valence-electron chi connectivity index (χ2n) is 4.56. The van der Waals surface area contributed by atoms with Crippen LogP contribution in [0.3, 0.4) is 0 Å². The quantitative estimate of drug-likeness (QED) is 0.710. The molecule has 3 heteroatoms. The zero-order valence-corrected chi connectivity index (χ0v) is 10.4. The maximum atomic E-state index is 10.3. The Kier molecular flexibility index (Phi) is 3.11. The molecule has 0 aliphatic carbocycles. The molecule has 0 heterocycles. The summed E-state index contributed by atoms with van der Waals surface area (Å²) in [6.45, 7) is 3.70. The van der Waals surface area contributed by atoms with Crippen molar-refractivity contribution in [3.05, 3.63) is 64.7 Å². The smallest absolute Gasteiger partial charge is 0.221 e. The molecule has 3 N–H and O–H groups in total. The highest BCUT2D eigenvalue weighted by Crippen LogP contribution is 2.33. The third kappa shape index (κ3) is 2.23. The van der Waals surface area contributed by atoms with Crippen molar-refractivity contribution in [2.24, 2.45) is 0 Å². The molecule has 0 unspecified atom stereocenters. The van der Waals surface area contributed by atoms with Crippen LogP contribution in [0.1, 0.15) is 22.3 Å². The fourth-order valence-electron chi connectivity index (χ4n) is 1.95. The van der Waals surface area contributed by atoms with Gasteiger partial charge in [-0.05, 0) is 26.0 Å². The summed E-state index contributed by atoms with van der Waals surface area (Å²) in [5.74, 6) is -2.32. The summed E-state index contributed by atoms with van der Waals surface area (Å²) in [6, 6.07) is 11.7. The van der Waals surface area contributed by atoms with Crippen molar-refractivity contribution in [3.63, 3.8) is 0 Å². The van der Waals surface area contributed by atoms with Crippen LogP contribution in [0, 0.1) is 13.8 Å². The van der Waals surface area contributed by atoms with Gasteiger partial charge in [-0.3, -0.25) is 0 Å². The van der Waals surface area contributed by atoms with Gasteiger partial charge in [-0.2, -0.15) is 0 Å². The Hall–Kier alpha value is -1.84. The number of hydrogen-bond donors (Lipinski definition) is 3. The van der Waals surface area contributed by atoms with E-state index in [1.54, 1.807) is 30.3 Å². The lowest BCUT2D eigenvalue weighted by molar-refractivity contribution is -0.133. The predicted molar refractivity (Wildman–Crippen MR) is 69.2 cm³/mol. The number of aliphatic hydroxyl groups is 2. The van der Waals surface area contributed by atoms with Gasteiger partial charge in [0.05, 0.1) is 5.56 Å². The summed E-state index contributed by atoms with van der Waals surface area (Å²) in [7, 11) is 0. The second-order valence-corrected chi connectivity index (χ2v) is 4.56. The molecular formula is C15H16O3. The van der Waals surface area contributed by atoms with Crippen LogP contribution < -0.4 is 0 Å². The summed E-state index contributed by atoms with van der Waals surface area (Å²) in [5.41, 5.74) is 2.20. The first-order valence-corrected chi connectivity index (χ1v) is 5.73. The Morgan fingerprint density at radius 1 is 0.889 bits per heavy atom. The van der Waals surface area contributed by atoms with Crippen LogP contribution in [-0.4, -0.2) is 15.3 Å². The normalized spacial score (nSPS) is 11.6. The lowest BCUT2D eigenvalue weighted by atomic mass is 9.94. The number of hydrogen-bond acceptors (Lipinski definition) is 3. The van der Waals surface area contributed by atoms with Crippen molar-refractivity contribution in [2.75, 3.05) is 0 Å². The van der Waals surface area contributed by atoms with Gasteiger partial charge in [0.25, 0.3) is 0 Å². The fourth-order valence-corrected chi connectivity index (χ4v) is 1.95. The molecule has 3 nitrogen and oxygen atoms in total. The Morgan fingerprint density at radius 3 is 2.22 bits per heavy atom. The van der Waals surface area contributed by atoms with Gasteiger partial charge in [-0.25, -0.2) is 0 Å². The number of phenols is 1. The van der Waals surface area contributed by atoms with Crippen molar-refractivity contribution in [3.8, 4) is 5.75 Å². The van der Waals surface area contributed by atoms with Gasteiger partial charge in [0.2, 0.25) is 5.79 Å². The van der Waals surface area contributed by atoms with Crippen LogP contribution in [0.4, 0.5) is 0 Å². The molecule has 2 aromatic rings. The van der Waals surface area contributed by atoms with Crippen molar-refractivity contribution in [1.29, 1.82) is 0 Å². The molecule has 0 aliphatic heterocycles. The van der Waals surface area contributed by atoms with E-state index in [0.29, 0.717) is 5.56 Å². The number of aromatic hydroxyl groups is 1. The van der Waals surface area contributed by atoms with E-state index in [-0.39, 0.29) is 11.3 Å². The minimum atomic E-state index is -2.19. The Balaban J connectivity index is 2.57. The van der Waals surface area contributed by atoms with Crippen molar-refractivity contribution >= 4 is 0 Å². The topological polar surface area (TPSA) is 60.7 Å². The van der Waals surface area contributed by atoms with E-state index in [9.17, 15) is 15.3 Å². The van der Waals surface area contributed by atoms with Gasteiger partial charge in [0.15, 0.2) is 0 Å². The van der Waals surface area contributed by atoms with Crippen molar-refractivity contribution in [2.45, 2.75) is 19.6 Å². The first kappa shape index (κ1) is 12.6. The molecule has 2 aromatic carbocycles. The molecule has 0 bridgehead atoms. The van der Waals surface area contributed by atoms with Gasteiger partial charge in [-0.15, -0.1) is 0 Å². The molecule has 0 aliphatic rings. The van der Waals surface area contributed by atoms with Crippen LogP contribution in [0.2, 0.25) is 0 Å². The maximum absolute atomic E-state index is 10.3. The third-order valence-electron chi connectivity index (χ3n) is 2.95. The van der Waals surface area contributed by atoms with Gasteiger partial charge in [-0.1, -0.05) is 41.5 Å². The van der Waals surface area contributed by atoms with E-state index in [1.807, 2.05) is 19.9 Å². The highest BCUT2D eigenvalue weighted by molar-refractivity contribution is 5.44. The lowest BCUT2D eigenvalue weighted by Crippen LogP contribution is -2.26. The zero-order valence-electron chi connectivity index (χ0n) is 10.4. The SMILES string of the molecule is Cc1cccc(C(O)(O)c2cc(C)ccc2O)c1. The van der Waals surface area contributed by atoms with E-state index < -0.39 is 5.79 Å². The van der Waals surface area contributed by atoms with Crippen LogP contribution in [0.15, 0.2) is 42.5 Å². The van der Waals surface area contributed by atoms with Gasteiger partial charge >= 0.3 is 0 Å². The summed E-state index contributed by atoms with van der Waals surface area (Å²) < 4.78 is 0. The van der Waals surface area contributed by atoms with E-state index in [0.717, 1.165) is 11.1 Å². The Labute approximate surface area is 106 Å². The third-order valence-corrected chi connectivity index (χ3v) is 2.95. The lowest BCUT2D eigenvalue weighted by Gasteiger charge is -2.24. The van der Waals surface area contributed by atoms with Gasteiger partial charge < -0.3 is 15.3 Å². The molecule has 94 valence electrons.